The largest absolute Gasteiger partial charge is 0.0628 e. The van der Waals surface area contributed by atoms with Crippen molar-refractivity contribution in [1.82, 2.24) is 0 Å². The summed E-state index contributed by atoms with van der Waals surface area (Å²) in [6.45, 7) is 28.1. The molecular weight excluding hydrogens is 240 g/mol. The Labute approximate surface area is 131 Å². The van der Waals surface area contributed by atoms with Crippen LogP contribution < -0.4 is 0 Å². The molecule has 0 fully saturated rings. The summed E-state index contributed by atoms with van der Waals surface area (Å²) in [7, 11) is 0. The normalized spacial score (nSPS) is 12.9. The van der Waals surface area contributed by atoms with Gasteiger partial charge in [-0.3, -0.25) is 0 Å². The summed E-state index contributed by atoms with van der Waals surface area (Å²) in [5.41, 5.74) is 0.500. The third-order valence-electron chi connectivity index (χ3n) is 4.94. The van der Waals surface area contributed by atoms with Crippen molar-refractivity contribution < 1.29 is 0 Å². The van der Waals surface area contributed by atoms with Gasteiger partial charge in [-0.15, -0.1) is 0 Å². The zero-order valence-corrected chi connectivity index (χ0v) is 16.7. The second-order valence-corrected chi connectivity index (χ2v) is 8.64. The van der Waals surface area contributed by atoms with Gasteiger partial charge in [0.25, 0.3) is 0 Å². The molecule has 0 saturated carbocycles. The van der Waals surface area contributed by atoms with Crippen LogP contribution >= 0.6 is 0 Å². The van der Waals surface area contributed by atoms with Gasteiger partial charge in [0.15, 0.2) is 0 Å². The SMILES string of the molecule is CC(C)C(C(C)C)(C(C)C)C(C)C.CC(C)CC(C)C. The molecule has 0 aliphatic carbocycles. The molecule has 0 bridgehead atoms. The van der Waals surface area contributed by atoms with Gasteiger partial charge in [-0.2, -0.15) is 0 Å². The average molecular weight is 285 g/mol. The predicted octanol–water partition coefficient (Wildman–Crippen LogP) is 7.29. The molecule has 0 N–H and O–H groups in total. The standard InChI is InChI=1S/C13H28.C7H16/c1-9(2)13(10(3)4,11(5)6)12(7)8;1-6(2)5-7(3)4/h9-12H,1-8H3;6-7H,5H2,1-4H3. The average Bonchev–Trinajstić information content (AvgIpc) is 2.12. The van der Waals surface area contributed by atoms with Crippen LogP contribution in [0.4, 0.5) is 0 Å². The zero-order chi connectivity index (χ0) is 16.7. The maximum absolute atomic E-state index is 2.38. The highest BCUT2D eigenvalue weighted by Gasteiger charge is 2.42. The lowest BCUT2D eigenvalue weighted by Crippen LogP contribution is -2.42. The molecule has 0 aliphatic heterocycles. The number of rotatable bonds is 6. The van der Waals surface area contributed by atoms with Crippen LogP contribution in [0.15, 0.2) is 0 Å². The maximum Gasteiger partial charge on any atom is -0.0205 e. The summed E-state index contributed by atoms with van der Waals surface area (Å²) >= 11 is 0. The zero-order valence-electron chi connectivity index (χ0n) is 16.7. The van der Waals surface area contributed by atoms with Crippen LogP contribution in [0.3, 0.4) is 0 Å². The second-order valence-electron chi connectivity index (χ2n) is 8.64. The topological polar surface area (TPSA) is 0 Å². The van der Waals surface area contributed by atoms with Gasteiger partial charge in [0.2, 0.25) is 0 Å². The predicted molar refractivity (Wildman–Crippen MR) is 96.1 cm³/mol. The van der Waals surface area contributed by atoms with E-state index in [1.165, 1.54) is 6.42 Å². The fourth-order valence-electron chi connectivity index (χ4n) is 4.94. The van der Waals surface area contributed by atoms with E-state index in [2.05, 4.69) is 83.1 Å². The molecule has 0 aromatic heterocycles. The Kier molecular flexibility index (Phi) is 11.0. The van der Waals surface area contributed by atoms with Crippen LogP contribution in [-0.4, -0.2) is 0 Å². The van der Waals surface area contributed by atoms with Gasteiger partial charge in [0.05, 0.1) is 0 Å². The summed E-state index contributed by atoms with van der Waals surface area (Å²) in [4.78, 5) is 0. The number of hydrogen-bond donors (Lipinski definition) is 0. The molecular formula is C20H44. The molecule has 0 aliphatic rings. The minimum Gasteiger partial charge on any atom is -0.0628 e. The first-order chi connectivity index (χ1) is 8.90. The molecule has 0 nitrogen and oxygen atoms in total. The van der Waals surface area contributed by atoms with E-state index in [4.69, 9.17) is 0 Å². The van der Waals surface area contributed by atoms with Gasteiger partial charge in [0.1, 0.15) is 0 Å². The molecule has 0 aromatic rings. The van der Waals surface area contributed by atoms with E-state index in [1.54, 1.807) is 0 Å². The van der Waals surface area contributed by atoms with Gasteiger partial charge in [-0.1, -0.05) is 83.1 Å². The Morgan fingerprint density at radius 3 is 0.650 bits per heavy atom. The van der Waals surface area contributed by atoms with Gasteiger partial charge in [-0.25, -0.2) is 0 Å². The summed E-state index contributed by atoms with van der Waals surface area (Å²) in [5.74, 6) is 4.83. The van der Waals surface area contributed by atoms with Crippen LogP contribution in [0.2, 0.25) is 0 Å². The Balaban J connectivity index is 0. The fraction of sp³-hybridized carbons (Fsp3) is 1.00. The van der Waals surface area contributed by atoms with E-state index in [-0.39, 0.29) is 0 Å². The minimum atomic E-state index is 0.500. The Hall–Kier alpha value is 0. The highest BCUT2D eigenvalue weighted by atomic mass is 14.5. The third-order valence-corrected chi connectivity index (χ3v) is 4.94. The first-order valence-electron chi connectivity index (χ1n) is 8.90. The van der Waals surface area contributed by atoms with Crippen molar-refractivity contribution >= 4 is 0 Å². The molecule has 0 heterocycles. The quantitative estimate of drug-likeness (QED) is 0.480. The maximum atomic E-state index is 2.38. The molecule has 124 valence electrons. The fourth-order valence-corrected chi connectivity index (χ4v) is 4.94. The van der Waals surface area contributed by atoms with Crippen LogP contribution in [0.25, 0.3) is 0 Å². The van der Waals surface area contributed by atoms with Gasteiger partial charge < -0.3 is 0 Å². The molecule has 0 amide bonds. The summed E-state index contributed by atoms with van der Waals surface area (Å²) in [6.07, 6.45) is 1.36. The van der Waals surface area contributed by atoms with Crippen molar-refractivity contribution in [2.45, 2.75) is 89.5 Å². The minimum absolute atomic E-state index is 0.500. The second kappa shape index (κ2) is 9.85. The molecule has 0 aromatic carbocycles. The molecule has 0 saturated heterocycles. The Morgan fingerprint density at radius 1 is 0.450 bits per heavy atom. The smallest absolute Gasteiger partial charge is 0.0205 e. The van der Waals surface area contributed by atoms with Crippen molar-refractivity contribution in [1.29, 1.82) is 0 Å². The lowest BCUT2D eigenvalue weighted by Gasteiger charge is -2.49. The molecule has 20 heavy (non-hydrogen) atoms. The van der Waals surface area contributed by atoms with E-state index in [1.807, 2.05) is 0 Å². The molecule has 0 spiro atoms. The summed E-state index contributed by atoms with van der Waals surface area (Å²) < 4.78 is 0. The van der Waals surface area contributed by atoms with Crippen LogP contribution in [0.5, 0.6) is 0 Å². The molecule has 0 radical (unpaired) electrons. The first kappa shape index (κ1) is 22.3. The van der Waals surface area contributed by atoms with Crippen molar-refractivity contribution in [3.8, 4) is 0 Å². The lowest BCUT2D eigenvalue weighted by molar-refractivity contribution is -0.00353. The van der Waals surface area contributed by atoms with E-state index in [0.29, 0.717) is 5.41 Å². The van der Waals surface area contributed by atoms with Crippen LogP contribution in [0, 0.1) is 40.9 Å². The monoisotopic (exact) mass is 284 g/mol. The third kappa shape index (κ3) is 6.64. The van der Waals surface area contributed by atoms with Crippen LogP contribution in [-0.2, 0) is 0 Å². The van der Waals surface area contributed by atoms with Crippen molar-refractivity contribution in [3.05, 3.63) is 0 Å². The van der Waals surface area contributed by atoms with Crippen molar-refractivity contribution in [3.63, 3.8) is 0 Å². The van der Waals surface area contributed by atoms with Crippen molar-refractivity contribution in [2.75, 3.05) is 0 Å². The summed E-state index contributed by atoms with van der Waals surface area (Å²) in [6, 6.07) is 0. The van der Waals surface area contributed by atoms with E-state index >= 15 is 0 Å². The Morgan fingerprint density at radius 2 is 0.650 bits per heavy atom. The van der Waals surface area contributed by atoms with E-state index < -0.39 is 0 Å². The highest BCUT2D eigenvalue weighted by molar-refractivity contribution is 4.90. The summed E-state index contributed by atoms with van der Waals surface area (Å²) in [5, 5.41) is 0. The molecule has 0 atom stereocenters. The number of hydrogen-bond acceptors (Lipinski definition) is 0. The van der Waals surface area contributed by atoms with Crippen LogP contribution in [0.1, 0.15) is 89.5 Å². The van der Waals surface area contributed by atoms with Gasteiger partial charge in [-0.05, 0) is 47.3 Å². The van der Waals surface area contributed by atoms with Crippen molar-refractivity contribution in [2.24, 2.45) is 40.9 Å². The van der Waals surface area contributed by atoms with E-state index in [0.717, 1.165) is 35.5 Å². The van der Waals surface area contributed by atoms with Gasteiger partial charge >= 0.3 is 0 Å². The van der Waals surface area contributed by atoms with E-state index in [9.17, 15) is 0 Å². The first-order valence-corrected chi connectivity index (χ1v) is 8.90. The molecule has 0 rings (SSSR count). The molecule has 0 heteroatoms. The Bertz CT molecular complexity index is 175. The molecule has 0 unspecified atom stereocenters. The lowest BCUT2D eigenvalue weighted by atomic mass is 9.56. The highest BCUT2D eigenvalue weighted by Crippen LogP contribution is 2.48. The van der Waals surface area contributed by atoms with Gasteiger partial charge in [0, 0.05) is 0 Å².